The van der Waals surface area contributed by atoms with Crippen LogP contribution in [0.2, 0.25) is 0 Å². The summed E-state index contributed by atoms with van der Waals surface area (Å²) in [4.78, 5) is 11.1. The zero-order chi connectivity index (χ0) is 14.1. The molecule has 8 heteroatoms. The van der Waals surface area contributed by atoms with Gasteiger partial charge in [0, 0.05) is 0 Å². The van der Waals surface area contributed by atoms with Crippen LogP contribution in [0.5, 0.6) is 5.75 Å². The number of alkyl halides is 5. The minimum absolute atomic E-state index is 0.312. The average Bonchev–Trinajstić information content (AvgIpc) is 2.17. The fraction of sp³-hybridized carbons (Fsp3) is 0.300. The van der Waals surface area contributed by atoms with Crippen LogP contribution in [0.3, 0.4) is 0 Å². The summed E-state index contributed by atoms with van der Waals surface area (Å²) >= 11 is 0. The molecule has 0 aromatic heterocycles. The van der Waals surface area contributed by atoms with E-state index in [1.165, 1.54) is 0 Å². The molecule has 0 saturated carbocycles. The van der Waals surface area contributed by atoms with Gasteiger partial charge in [0.1, 0.15) is 17.1 Å². The van der Waals surface area contributed by atoms with Gasteiger partial charge in [0.15, 0.2) is 5.78 Å². The first-order valence-corrected chi connectivity index (χ1v) is 4.50. The van der Waals surface area contributed by atoms with Crippen molar-refractivity contribution < 1.29 is 35.9 Å². The molecule has 0 N–H and O–H groups in total. The monoisotopic (exact) mass is 272 g/mol. The molecule has 2 nitrogen and oxygen atoms in total. The van der Waals surface area contributed by atoms with Gasteiger partial charge in [0.2, 0.25) is 0 Å². The molecule has 0 aliphatic rings. The Hall–Kier alpha value is -1.73. The predicted octanol–water partition coefficient (Wildman–Crippen LogP) is 3.65. The van der Waals surface area contributed by atoms with Crippen LogP contribution in [0.1, 0.15) is 22.8 Å². The number of rotatable bonds is 3. The molecule has 0 unspecified atom stereocenters. The zero-order valence-electron chi connectivity index (χ0n) is 8.82. The highest BCUT2D eigenvalue weighted by atomic mass is 19.4. The molecule has 0 amide bonds. The second kappa shape index (κ2) is 4.87. The van der Waals surface area contributed by atoms with Gasteiger partial charge in [-0.3, -0.25) is 4.79 Å². The molecule has 0 heterocycles. The van der Waals surface area contributed by atoms with Crippen molar-refractivity contribution in [1.29, 1.82) is 0 Å². The lowest BCUT2D eigenvalue weighted by Gasteiger charge is -2.15. The number of halogens is 6. The Labute approximate surface area is 97.2 Å². The highest BCUT2D eigenvalue weighted by molar-refractivity contribution is 5.98. The summed E-state index contributed by atoms with van der Waals surface area (Å²) in [6.07, 6.45) is -5.19. The lowest BCUT2D eigenvalue weighted by Crippen LogP contribution is -2.17. The Morgan fingerprint density at radius 3 is 2.22 bits per heavy atom. The third-order valence-electron chi connectivity index (χ3n) is 1.97. The van der Waals surface area contributed by atoms with E-state index in [-0.39, 0.29) is 0 Å². The number of carbonyl (C=O) groups is 1. The van der Waals surface area contributed by atoms with E-state index < -0.39 is 41.3 Å². The van der Waals surface area contributed by atoms with Crippen molar-refractivity contribution in [2.24, 2.45) is 0 Å². The van der Waals surface area contributed by atoms with Crippen LogP contribution in [0, 0.1) is 5.82 Å². The molecule has 1 rings (SSSR count). The van der Waals surface area contributed by atoms with Crippen molar-refractivity contribution in [3.8, 4) is 5.75 Å². The van der Waals surface area contributed by atoms with Gasteiger partial charge in [0.05, 0.1) is 5.56 Å². The molecule has 1 aromatic carbocycles. The van der Waals surface area contributed by atoms with Crippen molar-refractivity contribution in [2.75, 3.05) is 0 Å². The molecule has 0 atom stereocenters. The van der Waals surface area contributed by atoms with Gasteiger partial charge in [-0.1, -0.05) is 0 Å². The maximum atomic E-state index is 13.1. The second-order valence-electron chi connectivity index (χ2n) is 3.23. The second-order valence-corrected chi connectivity index (χ2v) is 3.23. The van der Waals surface area contributed by atoms with Crippen LogP contribution in [0.15, 0.2) is 12.1 Å². The lowest BCUT2D eigenvalue weighted by atomic mass is 10.0. The highest BCUT2D eigenvalue weighted by Gasteiger charge is 2.39. The number of hydrogen-bond acceptors (Lipinski definition) is 2. The molecule has 0 bridgehead atoms. The fourth-order valence-corrected chi connectivity index (χ4v) is 1.38. The van der Waals surface area contributed by atoms with E-state index in [0.29, 0.717) is 19.1 Å². The van der Waals surface area contributed by atoms with Gasteiger partial charge in [0.25, 0.3) is 0 Å². The van der Waals surface area contributed by atoms with Crippen LogP contribution in [0.25, 0.3) is 0 Å². The summed E-state index contributed by atoms with van der Waals surface area (Å²) in [5.74, 6) is -3.96. The Morgan fingerprint density at radius 1 is 1.28 bits per heavy atom. The highest BCUT2D eigenvalue weighted by Crippen LogP contribution is 2.38. The summed E-state index contributed by atoms with van der Waals surface area (Å²) in [5, 5.41) is 0. The van der Waals surface area contributed by atoms with Crippen LogP contribution in [-0.4, -0.2) is 12.4 Å². The Kier molecular flexibility index (Phi) is 3.88. The molecular weight excluding hydrogens is 266 g/mol. The summed E-state index contributed by atoms with van der Waals surface area (Å²) < 4.78 is 78.5. The van der Waals surface area contributed by atoms with Crippen molar-refractivity contribution in [3.63, 3.8) is 0 Å². The summed E-state index contributed by atoms with van der Waals surface area (Å²) in [6.45, 7) is -2.72. The van der Waals surface area contributed by atoms with Crippen molar-refractivity contribution in [2.45, 2.75) is 19.7 Å². The average molecular weight is 272 g/mol. The molecule has 0 aliphatic heterocycles. The molecule has 0 aliphatic carbocycles. The van der Waals surface area contributed by atoms with Gasteiger partial charge < -0.3 is 4.74 Å². The van der Waals surface area contributed by atoms with Crippen LogP contribution >= 0.6 is 0 Å². The van der Waals surface area contributed by atoms with E-state index in [0.717, 1.165) is 0 Å². The van der Waals surface area contributed by atoms with E-state index in [9.17, 15) is 31.1 Å². The number of Topliss-reactive ketones (excluding diaryl/α,β-unsaturated/α-hetero) is 1. The van der Waals surface area contributed by atoms with Crippen LogP contribution in [-0.2, 0) is 6.18 Å². The molecule has 0 radical (unpaired) electrons. The van der Waals surface area contributed by atoms with Gasteiger partial charge in [-0.2, -0.15) is 22.0 Å². The Bertz CT molecular complexity index is 466. The number of hydrogen-bond donors (Lipinski definition) is 0. The van der Waals surface area contributed by atoms with Gasteiger partial charge in [-0.25, -0.2) is 4.39 Å². The number of ether oxygens (including phenoxy) is 1. The third kappa shape index (κ3) is 2.93. The van der Waals surface area contributed by atoms with Crippen molar-refractivity contribution in [3.05, 3.63) is 29.1 Å². The minimum atomic E-state index is -5.19. The molecule has 1 aromatic rings. The van der Waals surface area contributed by atoms with Gasteiger partial charge in [-0.05, 0) is 19.1 Å². The summed E-state index contributed by atoms with van der Waals surface area (Å²) in [6, 6.07) is 0.862. The summed E-state index contributed by atoms with van der Waals surface area (Å²) in [7, 11) is 0. The first-order valence-electron chi connectivity index (χ1n) is 4.50. The SMILES string of the molecule is CC(=O)c1c(OC(F)F)ccc(F)c1C(F)(F)F. The molecule has 100 valence electrons. The van der Waals surface area contributed by atoms with Gasteiger partial charge in [-0.15, -0.1) is 0 Å². The smallest absolute Gasteiger partial charge is 0.420 e. The Balaban J connectivity index is 3.53. The standard InChI is InChI=1S/C10H6F6O2/c1-4(17)7-6(18-9(12)13)3-2-5(11)8(7)10(14,15)16/h2-3,9H,1H3. The minimum Gasteiger partial charge on any atom is -0.434 e. The van der Waals surface area contributed by atoms with Crippen LogP contribution < -0.4 is 4.74 Å². The van der Waals surface area contributed by atoms with E-state index in [1.54, 1.807) is 0 Å². The lowest BCUT2D eigenvalue weighted by molar-refractivity contribution is -0.140. The molecule has 18 heavy (non-hydrogen) atoms. The topological polar surface area (TPSA) is 26.3 Å². The predicted molar refractivity (Wildman–Crippen MR) is 48.0 cm³/mol. The summed E-state index contributed by atoms with van der Waals surface area (Å²) in [5.41, 5.74) is -3.16. The normalized spacial score (nSPS) is 11.8. The number of benzene rings is 1. The maximum absolute atomic E-state index is 13.1. The molecule has 0 saturated heterocycles. The van der Waals surface area contributed by atoms with E-state index in [2.05, 4.69) is 4.74 Å². The Morgan fingerprint density at radius 2 is 1.83 bits per heavy atom. The number of ketones is 1. The van der Waals surface area contributed by atoms with E-state index >= 15 is 0 Å². The van der Waals surface area contributed by atoms with E-state index in [1.807, 2.05) is 0 Å². The molecule has 0 spiro atoms. The van der Waals surface area contributed by atoms with Crippen molar-refractivity contribution in [1.82, 2.24) is 0 Å². The quantitative estimate of drug-likeness (QED) is 0.620. The number of carbonyl (C=O) groups excluding carboxylic acids is 1. The third-order valence-corrected chi connectivity index (χ3v) is 1.97. The first kappa shape index (κ1) is 14.3. The van der Waals surface area contributed by atoms with E-state index in [4.69, 9.17) is 0 Å². The van der Waals surface area contributed by atoms with Crippen molar-refractivity contribution >= 4 is 5.78 Å². The first-order chi connectivity index (χ1) is 8.14. The van der Waals surface area contributed by atoms with Crippen LogP contribution in [0.4, 0.5) is 26.3 Å². The molecule has 0 fully saturated rings. The molecular formula is C10H6F6O2. The largest absolute Gasteiger partial charge is 0.434 e. The maximum Gasteiger partial charge on any atom is 0.420 e. The fourth-order valence-electron chi connectivity index (χ4n) is 1.38. The zero-order valence-corrected chi connectivity index (χ0v) is 8.82. The van der Waals surface area contributed by atoms with Gasteiger partial charge >= 0.3 is 12.8 Å².